The summed E-state index contributed by atoms with van der Waals surface area (Å²) >= 11 is 0. The molecule has 0 aliphatic carbocycles. The summed E-state index contributed by atoms with van der Waals surface area (Å²) in [6, 6.07) is 2.48. The first-order chi connectivity index (χ1) is 11.8. The van der Waals surface area contributed by atoms with E-state index in [4.69, 9.17) is 5.11 Å². The van der Waals surface area contributed by atoms with Gasteiger partial charge >= 0.3 is 6.18 Å². The fraction of sp³-hybridized carbons (Fsp3) is 0.647. The van der Waals surface area contributed by atoms with Crippen molar-refractivity contribution in [1.29, 1.82) is 0 Å². The van der Waals surface area contributed by atoms with Crippen LogP contribution in [0.4, 0.5) is 19.0 Å². The number of aromatic nitrogens is 1. The van der Waals surface area contributed by atoms with E-state index < -0.39 is 11.7 Å². The average Bonchev–Trinajstić information content (AvgIpc) is 2.58. The molecule has 0 bridgehead atoms. The SMILES string of the molecule is O=C1CCC2(CCCN(c3ccc(C(F)(F)F)cn3)C2)CN1CCO. The predicted molar refractivity (Wildman–Crippen MR) is 86.0 cm³/mol. The summed E-state index contributed by atoms with van der Waals surface area (Å²) in [6.07, 6.45) is -0.412. The highest BCUT2D eigenvalue weighted by molar-refractivity contribution is 5.77. The Balaban J connectivity index is 1.73. The Labute approximate surface area is 144 Å². The van der Waals surface area contributed by atoms with Crippen LogP contribution < -0.4 is 4.90 Å². The lowest BCUT2D eigenvalue weighted by molar-refractivity contribution is -0.138. The van der Waals surface area contributed by atoms with Gasteiger partial charge in [-0.3, -0.25) is 4.79 Å². The second-order valence-electron chi connectivity index (χ2n) is 6.97. The number of halogens is 3. The van der Waals surface area contributed by atoms with E-state index in [9.17, 15) is 18.0 Å². The molecule has 1 atom stereocenters. The third-order valence-corrected chi connectivity index (χ3v) is 5.18. The van der Waals surface area contributed by atoms with Crippen LogP contribution in [0, 0.1) is 5.41 Å². The highest BCUT2D eigenvalue weighted by Crippen LogP contribution is 2.40. The molecule has 0 radical (unpaired) electrons. The van der Waals surface area contributed by atoms with Gasteiger partial charge < -0.3 is 14.9 Å². The molecule has 1 spiro atoms. The number of hydrogen-bond acceptors (Lipinski definition) is 4. The summed E-state index contributed by atoms with van der Waals surface area (Å²) in [5.41, 5.74) is -0.827. The van der Waals surface area contributed by atoms with Crippen LogP contribution in [-0.2, 0) is 11.0 Å². The van der Waals surface area contributed by atoms with Crippen LogP contribution in [0.5, 0.6) is 0 Å². The lowest BCUT2D eigenvalue weighted by Crippen LogP contribution is -2.54. The number of alkyl halides is 3. The average molecular weight is 357 g/mol. The first-order valence-electron chi connectivity index (χ1n) is 8.50. The van der Waals surface area contributed by atoms with E-state index in [1.807, 2.05) is 4.90 Å². The van der Waals surface area contributed by atoms with Gasteiger partial charge in [0.2, 0.25) is 5.91 Å². The number of rotatable bonds is 3. The number of pyridine rings is 1. The van der Waals surface area contributed by atoms with Crippen LogP contribution in [0.2, 0.25) is 0 Å². The van der Waals surface area contributed by atoms with Gasteiger partial charge in [-0.2, -0.15) is 13.2 Å². The van der Waals surface area contributed by atoms with Crippen molar-refractivity contribution in [2.24, 2.45) is 5.41 Å². The minimum atomic E-state index is -4.39. The number of likely N-dealkylation sites (tertiary alicyclic amines) is 1. The Kier molecular flexibility index (Phi) is 4.90. The number of hydrogen-bond donors (Lipinski definition) is 1. The molecule has 8 heteroatoms. The van der Waals surface area contributed by atoms with Crippen LogP contribution >= 0.6 is 0 Å². The number of aliphatic hydroxyl groups is 1. The molecule has 25 heavy (non-hydrogen) atoms. The van der Waals surface area contributed by atoms with Crippen LogP contribution in [0.3, 0.4) is 0 Å². The van der Waals surface area contributed by atoms with Crippen molar-refractivity contribution in [1.82, 2.24) is 9.88 Å². The zero-order valence-corrected chi connectivity index (χ0v) is 13.9. The Morgan fingerprint density at radius 2 is 2.04 bits per heavy atom. The summed E-state index contributed by atoms with van der Waals surface area (Å²) in [5.74, 6) is 0.599. The molecule has 1 unspecified atom stereocenters. The van der Waals surface area contributed by atoms with Crippen LogP contribution in [0.1, 0.15) is 31.2 Å². The van der Waals surface area contributed by atoms with Gasteiger partial charge in [-0.05, 0) is 31.4 Å². The minimum absolute atomic E-state index is 0.0597. The normalized spacial score (nSPS) is 24.9. The summed E-state index contributed by atoms with van der Waals surface area (Å²) in [5, 5.41) is 9.14. The maximum Gasteiger partial charge on any atom is 0.417 e. The van der Waals surface area contributed by atoms with E-state index in [-0.39, 0.29) is 17.9 Å². The number of carbonyl (C=O) groups is 1. The quantitative estimate of drug-likeness (QED) is 0.902. The fourth-order valence-corrected chi connectivity index (χ4v) is 3.90. The second-order valence-corrected chi connectivity index (χ2v) is 6.97. The Hall–Kier alpha value is -1.83. The summed E-state index contributed by atoms with van der Waals surface area (Å²) < 4.78 is 38.1. The molecule has 5 nitrogen and oxygen atoms in total. The van der Waals surface area contributed by atoms with E-state index in [0.717, 1.165) is 38.1 Å². The Morgan fingerprint density at radius 1 is 1.24 bits per heavy atom. The first-order valence-corrected chi connectivity index (χ1v) is 8.50. The van der Waals surface area contributed by atoms with Crippen molar-refractivity contribution < 1.29 is 23.1 Å². The van der Waals surface area contributed by atoms with Crippen molar-refractivity contribution in [2.75, 3.05) is 37.7 Å². The third-order valence-electron chi connectivity index (χ3n) is 5.18. The third kappa shape index (κ3) is 3.89. The zero-order chi connectivity index (χ0) is 18.1. The van der Waals surface area contributed by atoms with Crippen molar-refractivity contribution in [3.63, 3.8) is 0 Å². The van der Waals surface area contributed by atoms with E-state index in [2.05, 4.69) is 4.98 Å². The van der Waals surface area contributed by atoms with Gasteiger partial charge in [-0.1, -0.05) is 0 Å². The summed E-state index contributed by atoms with van der Waals surface area (Å²) in [4.78, 5) is 19.7. The molecule has 2 fully saturated rings. The number of aliphatic hydroxyl groups excluding tert-OH is 1. The number of amides is 1. The number of carbonyl (C=O) groups excluding carboxylic acids is 1. The van der Waals surface area contributed by atoms with Gasteiger partial charge in [0.1, 0.15) is 5.82 Å². The van der Waals surface area contributed by atoms with Gasteiger partial charge in [0.25, 0.3) is 0 Å². The standard InChI is InChI=1S/C17H22F3N3O2/c18-17(19,20)13-2-3-14(21-10-13)22-7-1-5-16(11-22)6-4-15(25)23(12-16)8-9-24/h2-3,10,24H,1,4-9,11-12H2. The molecular formula is C17H22F3N3O2. The Bertz CT molecular complexity index is 621. The van der Waals surface area contributed by atoms with Gasteiger partial charge in [0.15, 0.2) is 0 Å². The van der Waals surface area contributed by atoms with E-state index in [1.165, 1.54) is 6.07 Å². The van der Waals surface area contributed by atoms with Gasteiger partial charge in [0, 0.05) is 44.2 Å². The van der Waals surface area contributed by atoms with Gasteiger partial charge in [-0.25, -0.2) is 4.98 Å². The molecular weight excluding hydrogens is 335 g/mol. The largest absolute Gasteiger partial charge is 0.417 e. The topological polar surface area (TPSA) is 56.7 Å². The maximum atomic E-state index is 12.7. The highest BCUT2D eigenvalue weighted by atomic mass is 19.4. The second kappa shape index (κ2) is 6.82. The monoisotopic (exact) mass is 357 g/mol. The number of anilines is 1. The zero-order valence-electron chi connectivity index (χ0n) is 13.9. The van der Waals surface area contributed by atoms with E-state index in [0.29, 0.717) is 31.9 Å². The first kappa shape index (κ1) is 18.0. The van der Waals surface area contributed by atoms with E-state index >= 15 is 0 Å². The van der Waals surface area contributed by atoms with Crippen molar-refractivity contribution in [2.45, 2.75) is 31.9 Å². The lowest BCUT2D eigenvalue weighted by Gasteiger charge is -2.48. The molecule has 2 aliphatic rings. The van der Waals surface area contributed by atoms with Crippen LogP contribution in [0.15, 0.2) is 18.3 Å². The summed E-state index contributed by atoms with van der Waals surface area (Å²) in [7, 11) is 0. The van der Waals surface area contributed by atoms with Crippen molar-refractivity contribution >= 4 is 11.7 Å². The molecule has 0 saturated carbocycles. The number of nitrogens with zero attached hydrogens (tertiary/aromatic N) is 3. The Morgan fingerprint density at radius 3 is 2.68 bits per heavy atom. The maximum absolute atomic E-state index is 12.7. The molecule has 2 saturated heterocycles. The van der Waals surface area contributed by atoms with Gasteiger partial charge in [-0.15, -0.1) is 0 Å². The van der Waals surface area contributed by atoms with Gasteiger partial charge in [0.05, 0.1) is 12.2 Å². The van der Waals surface area contributed by atoms with Crippen molar-refractivity contribution in [3.05, 3.63) is 23.9 Å². The lowest BCUT2D eigenvalue weighted by atomic mass is 9.73. The smallest absolute Gasteiger partial charge is 0.395 e. The molecule has 138 valence electrons. The minimum Gasteiger partial charge on any atom is -0.395 e. The molecule has 1 N–H and O–H groups in total. The molecule has 3 heterocycles. The number of piperidine rings is 2. The van der Waals surface area contributed by atoms with E-state index in [1.54, 1.807) is 4.90 Å². The highest BCUT2D eigenvalue weighted by Gasteiger charge is 2.42. The van der Waals surface area contributed by atoms with Crippen molar-refractivity contribution in [3.8, 4) is 0 Å². The molecule has 0 aromatic carbocycles. The molecule has 2 aliphatic heterocycles. The fourth-order valence-electron chi connectivity index (χ4n) is 3.90. The number of β-amino-alcohol motifs (C(OH)–C–C–N with tert-alkyl or cyclic N) is 1. The summed E-state index contributed by atoms with van der Waals surface area (Å²) in [6.45, 7) is 2.27. The van der Waals surface area contributed by atoms with Crippen LogP contribution in [0.25, 0.3) is 0 Å². The van der Waals surface area contributed by atoms with Crippen LogP contribution in [-0.4, -0.2) is 53.7 Å². The molecule has 1 aromatic heterocycles. The molecule has 1 aromatic rings. The predicted octanol–water partition coefficient (Wildman–Crippen LogP) is 2.30. The molecule has 3 rings (SSSR count). The molecule has 1 amide bonds.